The first-order valence-corrected chi connectivity index (χ1v) is 4.76. The van der Waals surface area contributed by atoms with Crippen LogP contribution in [0.25, 0.3) is 0 Å². The average molecular weight is 170 g/mol. The summed E-state index contributed by atoms with van der Waals surface area (Å²) in [4.78, 5) is 2.49. The highest BCUT2D eigenvalue weighted by molar-refractivity contribution is 5.03. The van der Waals surface area contributed by atoms with E-state index in [1.54, 1.807) is 0 Å². The van der Waals surface area contributed by atoms with E-state index in [1.807, 2.05) is 0 Å². The van der Waals surface area contributed by atoms with E-state index >= 15 is 0 Å². The molecule has 0 radical (unpaired) electrons. The first-order chi connectivity index (χ1) is 5.29. The average Bonchev–Trinajstić information content (AvgIpc) is 1.82. The molecule has 1 aliphatic rings. The van der Waals surface area contributed by atoms with Gasteiger partial charge in [-0.2, -0.15) is 0 Å². The third kappa shape index (κ3) is 1.50. The summed E-state index contributed by atoms with van der Waals surface area (Å²) >= 11 is 0. The monoisotopic (exact) mass is 170 g/mol. The van der Waals surface area contributed by atoms with Crippen molar-refractivity contribution in [2.75, 3.05) is 13.1 Å². The standard InChI is InChI=1S/C10H22N2/c1-9(2,3)12-7-10(4,5)8(12)6-11/h8H,6-7,11H2,1-5H3. The zero-order chi connectivity index (χ0) is 9.57. The Morgan fingerprint density at radius 1 is 1.42 bits per heavy atom. The van der Waals surface area contributed by atoms with Gasteiger partial charge >= 0.3 is 0 Å². The molecule has 1 saturated heterocycles. The van der Waals surface area contributed by atoms with Crippen molar-refractivity contribution in [2.24, 2.45) is 11.1 Å². The summed E-state index contributed by atoms with van der Waals surface area (Å²) in [5.41, 5.74) is 6.45. The van der Waals surface area contributed by atoms with Gasteiger partial charge in [0.1, 0.15) is 0 Å². The maximum absolute atomic E-state index is 5.75. The van der Waals surface area contributed by atoms with E-state index in [-0.39, 0.29) is 5.54 Å². The quantitative estimate of drug-likeness (QED) is 0.645. The molecule has 0 aromatic heterocycles. The highest BCUT2D eigenvalue weighted by Gasteiger charge is 2.48. The van der Waals surface area contributed by atoms with E-state index in [4.69, 9.17) is 5.73 Å². The number of hydrogen-bond acceptors (Lipinski definition) is 2. The Bertz CT molecular complexity index is 157. The third-order valence-electron chi connectivity index (χ3n) is 2.94. The highest BCUT2D eigenvalue weighted by atomic mass is 15.3. The normalized spacial score (nSPS) is 30.0. The molecule has 72 valence electrons. The Kier molecular flexibility index (Phi) is 2.26. The fourth-order valence-electron chi connectivity index (χ4n) is 2.11. The van der Waals surface area contributed by atoms with Crippen LogP contribution in [0.4, 0.5) is 0 Å². The second-order valence-electron chi connectivity index (χ2n) is 5.54. The lowest BCUT2D eigenvalue weighted by Crippen LogP contribution is -2.69. The molecule has 0 aromatic rings. The van der Waals surface area contributed by atoms with Gasteiger partial charge in [-0.25, -0.2) is 0 Å². The molecule has 2 nitrogen and oxygen atoms in total. The first kappa shape index (κ1) is 10.0. The molecule has 1 fully saturated rings. The van der Waals surface area contributed by atoms with E-state index in [9.17, 15) is 0 Å². The van der Waals surface area contributed by atoms with Gasteiger partial charge in [0.2, 0.25) is 0 Å². The number of hydrogen-bond donors (Lipinski definition) is 1. The van der Waals surface area contributed by atoms with Gasteiger partial charge in [0.25, 0.3) is 0 Å². The van der Waals surface area contributed by atoms with Crippen molar-refractivity contribution in [3.05, 3.63) is 0 Å². The van der Waals surface area contributed by atoms with Crippen molar-refractivity contribution >= 4 is 0 Å². The van der Waals surface area contributed by atoms with Crippen molar-refractivity contribution in [1.29, 1.82) is 0 Å². The van der Waals surface area contributed by atoms with Crippen molar-refractivity contribution in [2.45, 2.75) is 46.2 Å². The summed E-state index contributed by atoms with van der Waals surface area (Å²) in [6.07, 6.45) is 0. The number of rotatable bonds is 1. The Labute approximate surface area is 76.1 Å². The fraction of sp³-hybridized carbons (Fsp3) is 1.00. The molecular weight excluding hydrogens is 148 g/mol. The molecule has 12 heavy (non-hydrogen) atoms. The predicted molar refractivity (Wildman–Crippen MR) is 53.1 cm³/mol. The Morgan fingerprint density at radius 2 is 1.92 bits per heavy atom. The van der Waals surface area contributed by atoms with Gasteiger partial charge in [-0.3, -0.25) is 4.90 Å². The summed E-state index contributed by atoms with van der Waals surface area (Å²) in [5, 5.41) is 0. The molecule has 1 rings (SSSR count). The van der Waals surface area contributed by atoms with E-state index in [0.29, 0.717) is 11.5 Å². The minimum atomic E-state index is 0.277. The minimum absolute atomic E-state index is 0.277. The molecule has 0 aliphatic carbocycles. The summed E-state index contributed by atoms with van der Waals surface area (Å²) < 4.78 is 0. The van der Waals surface area contributed by atoms with Gasteiger partial charge in [0, 0.05) is 24.7 Å². The Morgan fingerprint density at radius 3 is 2.08 bits per heavy atom. The van der Waals surface area contributed by atoms with Crippen LogP contribution in [0.5, 0.6) is 0 Å². The highest BCUT2D eigenvalue weighted by Crippen LogP contribution is 2.40. The lowest BCUT2D eigenvalue weighted by Gasteiger charge is -2.59. The molecule has 1 atom stereocenters. The summed E-state index contributed by atoms with van der Waals surface area (Å²) in [6.45, 7) is 13.3. The zero-order valence-electron chi connectivity index (χ0n) is 9.02. The van der Waals surface area contributed by atoms with Crippen molar-refractivity contribution in [3.63, 3.8) is 0 Å². The van der Waals surface area contributed by atoms with Crippen LogP contribution in [0.3, 0.4) is 0 Å². The van der Waals surface area contributed by atoms with Crippen molar-refractivity contribution in [3.8, 4) is 0 Å². The van der Waals surface area contributed by atoms with E-state index in [1.165, 1.54) is 6.54 Å². The van der Waals surface area contributed by atoms with Crippen LogP contribution in [0.15, 0.2) is 0 Å². The molecule has 0 aromatic carbocycles. The SMILES string of the molecule is CC1(C)CN(C(C)(C)C)C1CN. The molecule has 1 heterocycles. The van der Waals surface area contributed by atoms with Gasteiger partial charge in [-0.1, -0.05) is 13.8 Å². The van der Waals surface area contributed by atoms with E-state index in [0.717, 1.165) is 6.54 Å². The molecule has 0 spiro atoms. The topological polar surface area (TPSA) is 29.3 Å². The van der Waals surface area contributed by atoms with Gasteiger partial charge in [-0.05, 0) is 26.2 Å². The summed E-state index contributed by atoms with van der Waals surface area (Å²) in [6, 6.07) is 0.567. The van der Waals surface area contributed by atoms with E-state index in [2.05, 4.69) is 39.5 Å². The molecule has 0 bridgehead atoms. The number of likely N-dealkylation sites (tertiary alicyclic amines) is 1. The second kappa shape index (κ2) is 2.71. The second-order valence-corrected chi connectivity index (χ2v) is 5.54. The number of nitrogens with zero attached hydrogens (tertiary/aromatic N) is 1. The number of nitrogens with two attached hydrogens (primary N) is 1. The molecule has 0 saturated carbocycles. The van der Waals surface area contributed by atoms with Gasteiger partial charge < -0.3 is 5.73 Å². The van der Waals surface area contributed by atoms with Crippen LogP contribution in [0.2, 0.25) is 0 Å². The molecular formula is C10H22N2. The first-order valence-electron chi connectivity index (χ1n) is 4.76. The van der Waals surface area contributed by atoms with Crippen LogP contribution < -0.4 is 5.73 Å². The lowest BCUT2D eigenvalue weighted by molar-refractivity contribution is -0.0996. The van der Waals surface area contributed by atoms with Crippen LogP contribution in [-0.2, 0) is 0 Å². The van der Waals surface area contributed by atoms with Gasteiger partial charge in [-0.15, -0.1) is 0 Å². The largest absolute Gasteiger partial charge is 0.329 e. The smallest absolute Gasteiger partial charge is 0.0287 e. The van der Waals surface area contributed by atoms with Crippen LogP contribution >= 0.6 is 0 Å². The minimum Gasteiger partial charge on any atom is -0.329 e. The third-order valence-corrected chi connectivity index (χ3v) is 2.94. The maximum Gasteiger partial charge on any atom is 0.0287 e. The Balaban J connectivity index is 2.64. The predicted octanol–water partition coefficient (Wildman–Crippen LogP) is 1.45. The van der Waals surface area contributed by atoms with Crippen LogP contribution in [-0.4, -0.2) is 29.6 Å². The molecule has 2 N–H and O–H groups in total. The van der Waals surface area contributed by atoms with Crippen LogP contribution in [0.1, 0.15) is 34.6 Å². The van der Waals surface area contributed by atoms with Gasteiger partial charge in [0.05, 0.1) is 0 Å². The molecule has 1 unspecified atom stereocenters. The Hall–Kier alpha value is -0.0800. The molecule has 2 heteroatoms. The fourth-order valence-corrected chi connectivity index (χ4v) is 2.11. The van der Waals surface area contributed by atoms with Crippen molar-refractivity contribution in [1.82, 2.24) is 4.90 Å². The summed E-state index contributed by atoms with van der Waals surface area (Å²) in [5.74, 6) is 0. The molecule has 1 aliphatic heterocycles. The van der Waals surface area contributed by atoms with Gasteiger partial charge in [0.15, 0.2) is 0 Å². The lowest BCUT2D eigenvalue weighted by atomic mass is 9.72. The van der Waals surface area contributed by atoms with E-state index < -0.39 is 0 Å². The molecule has 0 amide bonds. The van der Waals surface area contributed by atoms with Crippen molar-refractivity contribution < 1.29 is 0 Å². The summed E-state index contributed by atoms with van der Waals surface area (Å²) in [7, 11) is 0. The zero-order valence-corrected chi connectivity index (χ0v) is 9.02. The van der Waals surface area contributed by atoms with Crippen LogP contribution in [0, 0.1) is 5.41 Å². The maximum atomic E-state index is 5.75.